The van der Waals surface area contributed by atoms with Crippen LogP contribution in [0.4, 0.5) is 0 Å². The summed E-state index contributed by atoms with van der Waals surface area (Å²) in [5.41, 5.74) is 1.13. The number of fused-ring (bicyclic) bond motifs is 1. The highest BCUT2D eigenvalue weighted by molar-refractivity contribution is 6.31. The van der Waals surface area contributed by atoms with Gasteiger partial charge in [-0.25, -0.2) is 14.8 Å². The van der Waals surface area contributed by atoms with Crippen LogP contribution in [0.2, 0.25) is 5.02 Å². The number of hydrogen-bond acceptors (Lipinski definition) is 5. The van der Waals surface area contributed by atoms with E-state index in [0.29, 0.717) is 28.2 Å². The fraction of sp³-hybridized carbons (Fsp3) is 0.105. The van der Waals surface area contributed by atoms with Crippen LogP contribution in [0.25, 0.3) is 11.0 Å². The van der Waals surface area contributed by atoms with E-state index >= 15 is 0 Å². The summed E-state index contributed by atoms with van der Waals surface area (Å²) in [5, 5.41) is 10.0. The van der Waals surface area contributed by atoms with E-state index in [1.807, 2.05) is 6.07 Å². The SMILES string of the molecule is CCC(Oc1ccccc1)=C(Oc1cnc2ccc(Cl)cc2n1)C(=O)O. The van der Waals surface area contributed by atoms with Gasteiger partial charge in [0, 0.05) is 11.4 Å². The Labute approximate surface area is 154 Å². The predicted molar refractivity (Wildman–Crippen MR) is 97.2 cm³/mol. The van der Waals surface area contributed by atoms with Gasteiger partial charge in [-0.05, 0) is 30.3 Å². The summed E-state index contributed by atoms with van der Waals surface area (Å²) in [7, 11) is 0. The monoisotopic (exact) mass is 370 g/mol. The number of nitrogens with zero attached hydrogens (tertiary/aromatic N) is 2. The molecule has 7 heteroatoms. The van der Waals surface area contributed by atoms with Crippen molar-refractivity contribution in [3.8, 4) is 11.6 Å². The van der Waals surface area contributed by atoms with Crippen molar-refractivity contribution >= 4 is 28.6 Å². The summed E-state index contributed by atoms with van der Waals surface area (Å²) in [4.78, 5) is 20.1. The van der Waals surface area contributed by atoms with Crippen molar-refractivity contribution in [3.63, 3.8) is 0 Å². The van der Waals surface area contributed by atoms with E-state index in [9.17, 15) is 9.90 Å². The third-order valence-electron chi connectivity index (χ3n) is 3.44. The zero-order valence-electron chi connectivity index (χ0n) is 13.8. The lowest BCUT2D eigenvalue weighted by Crippen LogP contribution is -2.15. The van der Waals surface area contributed by atoms with Gasteiger partial charge in [-0.3, -0.25) is 0 Å². The molecule has 0 radical (unpaired) electrons. The number of carboxylic acids is 1. The standard InChI is InChI=1S/C19H15ClN2O4/c1-2-16(25-13-6-4-3-5-7-13)18(19(23)24)26-17-11-21-14-9-8-12(20)10-15(14)22-17/h3-11H,2H2,1H3,(H,23,24). The Balaban J connectivity index is 1.95. The van der Waals surface area contributed by atoms with E-state index in [1.54, 1.807) is 49.4 Å². The van der Waals surface area contributed by atoms with Crippen molar-refractivity contribution in [3.05, 3.63) is 71.3 Å². The molecule has 6 nitrogen and oxygen atoms in total. The lowest BCUT2D eigenvalue weighted by atomic mass is 10.3. The van der Waals surface area contributed by atoms with Gasteiger partial charge in [0.25, 0.3) is 5.76 Å². The van der Waals surface area contributed by atoms with Gasteiger partial charge in [0.2, 0.25) is 5.88 Å². The van der Waals surface area contributed by atoms with Crippen molar-refractivity contribution < 1.29 is 19.4 Å². The molecule has 0 bridgehead atoms. The fourth-order valence-electron chi connectivity index (χ4n) is 2.25. The predicted octanol–water partition coefficient (Wildman–Crippen LogP) is 4.45. The van der Waals surface area contributed by atoms with Crippen molar-refractivity contribution in [1.29, 1.82) is 0 Å². The van der Waals surface area contributed by atoms with Crippen LogP contribution in [0.5, 0.6) is 11.6 Å². The lowest BCUT2D eigenvalue weighted by molar-refractivity contribution is -0.135. The van der Waals surface area contributed by atoms with Gasteiger partial charge in [-0.2, -0.15) is 0 Å². The van der Waals surface area contributed by atoms with E-state index in [-0.39, 0.29) is 17.4 Å². The highest BCUT2D eigenvalue weighted by Crippen LogP contribution is 2.22. The fourth-order valence-corrected chi connectivity index (χ4v) is 2.42. The Hall–Kier alpha value is -3.12. The normalized spacial score (nSPS) is 11.8. The minimum Gasteiger partial charge on any atom is -0.475 e. The summed E-state index contributed by atoms with van der Waals surface area (Å²) < 4.78 is 11.2. The van der Waals surface area contributed by atoms with Crippen LogP contribution in [-0.4, -0.2) is 21.0 Å². The number of carbonyl (C=O) groups is 1. The molecule has 0 aliphatic heterocycles. The second-order valence-electron chi connectivity index (χ2n) is 5.27. The first-order valence-electron chi connectivity index (χ1n) is 7.86. The van der Waals surface area contributed by atoms with E-state index < -0.39 is 5.97 Å². The molecule has 0 fully saturated rings. The van der Waals surface area contributed by atoms with Crippen LogP contribution >= 0.6 is 11.6 Å². The van der Waals surface area contributed by atoms with Crippen molar-refractivity contribution in [2.75, 3.05) is 0 Å². The molecule has 0 unspecified atom stereocenters. The summed E-state index contributed by atoms with van der Waals surface area (Å²) in [6.45, 7) is 1.77. The van der Waals surface area contributed by atoms with Crippen LogP contribution in [0.1, 0.15) is 13.3 Å². The van der Waals surface area contributed by atoms with E-state index in [0.717, 1.165) is 0 Å². The zero-order chi connectivity index (χ0) is 18.5. The third-order valence-corrected chi connectivity index (χ3v) is 3.68. The third kappa shape index (κ3) is 4.10. The molecule has 0 spiro atoms. The summed E-state index contributed by atoms with van der Waals surface area (Å²) in [6, 6.07) is 13.9. The van der Waals surface area contributed by atoms with Gasteiger partial charge >= 0.3 is 5.97 Å². The molecule has 0 saturated heterocycles. The van der Waals surface area contributed by atoms with Crippen LogP contribution in [0.15, 0.2) is 66.2 Å². The summed E-state index contributed by atoms with van der Waals surface area (Å²) >= 11 is 5.96. The molecule has 1 N–H and O–H groups in total. The maximum absolute atomic E-state index is 11.7. The van der Waals surface area contributed by atoms with E-state index in [4.69, 9.17) is 21.1 Å². The lowest BCUT2D eigenvalue weighted by Gasteiger charge is -2.13. The smallest absolute Gasteiger partial charge is 0.375 e. The second-order valence-corrected chi connectivity index (χ2v) is 5.71. The molecule has 3 aromatic rings. The van der Waals surface area contributed by atoms with E-state index in [2.05, 4.69) is 9.97 Å². The molecule has 26 heavy (non-hydrogen) atoms. The van der Waals surface area contributed by atoms with Crippen LogP contribution in [0, 0.1) is 0 Å². The van der Waals surface area contributed by atoms with Crippen LogP contribution in [-0.2, 0) is 4.79 Å². The number of ether oxygens (including phenoxy) is 2. The summed E-state index contributed by atoms with van der Waals surface area (Å²) in [6.07, 6.45) is 1.68. The Bertz CT molecular complexity index is 974. The number of halogens is 1. The summed E-state index contributed by atoms with van der Waals surface area (Å²) in [5.74, 6) is -0.864. The van der Waals surface area contributed by atoms with Crippen molar-refractivity contribution in [2.24, 2.45) is 0 Å². The van der Waals surface area contributed by atoms with E-state index in [1.165, 1.54) is 6.20 Å². The van der Waals surface area contributed by atoms with Gasteiger partial charge in [-0.15, -0.1) is 0 Å². The van der Waals surface area contributed by atoms with Gasteiger partial charge in [0.05, 0.1) is 17.2 Å². The van der Waals surface area contributed by atoms with Gasteiger partial charge < -0.3 is 14.6 Å². The Morgan fingerprint density at radius 1 is 1.12 bits per heavy atom. The number of allylic oxidation sites excluding steroid dienone is 1. The van der Waals surface area contributed by atoms with Crippen LogP contribution < -0.4 is 9.47 Å². The number of para-hydroxylation sites is 1. The number of hydrogen-bond donors (Lipinski definition) is 1. The molecule has 1 aromatic heterocycles. The molecule has 1 heterocycles. The quantitative estimate of drug-likeness (QED) is 0.510. The Morgan fingerprint density at radius 2 is 1.88 bits per heavy atom. The molecule has 0 atom stereocenters. The molecular formula is C19H15ClN2O4. The first-order valence-corrected chi connectivity index (χ1v) is 8.24. The molecule has 0 saturated carbocycles. The number of benzene rings is 2. The minimum absolute atomic E-state index is 0.0415. The molecule has 132 valence electrons. The van der Waals surface area contributed by atoms with Crippen LogP contribution in [0.3, 0.4) is 0 Å². The molecule has 2 aromatic carbocycles. The Kier molecular flexibility index (Phi) is 5.34. The number of carboxylic acid groups (broad SMARTS) is 1. The van der Waals surface area contributed by atoms with Gasteiger partial charge in [0.15, 0.2) is 5.76 Å². The molecule has 3 rings (SSSR count). The highest BCUT2D eigenvalue weighted by Gasteiger charge is 2.20. The average Bonchev–Trinajstić information content (AvgIpc) is 2.64. The second kappa shape index (κ2) is 7.84. The minimum atomic E-state index is -1.26. The average molecular weight is 371 g/mol. The molecule has 0 amide bonds. The molecule has 0 aliphatic carbocycles. The number of rotatable bonds is 6. The first-order chi connectivity index (χ1) is 12.6. The first kappa shape index (κ1) is 17.7. The van der Waals surface area contributed by atoms with Crippen molar-refractivity contribution in [2.45, 2.75) is 13.3 Å². The Morgan fingerprint density at radius 3 is 2.58 bits per heavy atom. The number of aromatic nitrogens is 2. The molecule has 0 aliphatic rings. The van der Waals surface area contributed by atoms with Gasteiger partial charge in [0.1, 0.15) is 5.75 Å². The molecular weight excluding hydrogens is 356 g/mol. The maximum Gasteiger partial charge on any atom is 0.375 e. The van der Waals surface area contributed by atoms with Gasteiger partial charge in [-0.1, -0.05) is 36.7 Å². The maximum atomic E-state index is 11.7. The number of aliphatic carboxylic acids is 1. The largest absolute Gasteiger partial charge is 0.475 e. The van der Waals surface area contributed by atoms with Crippen molar-refractivity contribution in [1.82, 2.24) is 9.97 Å². The topological polar surface area (TPSA) is 81.5 Å². The highest BCUT2D eigenvalue weighted by atomic mass is 35.5. The zero-order valence-corrected chi connectivity index (χ0v) is 14.6.